The molecule has 1 saturated heterocycles. The lowest BCUT2D eigenvalue weighted by molar-refractivity contribution is -0.122. The van der Waals surface area contributed by atoms with Gasteiger partial charge in [-0.3, -0.25) is 24.1 Å². The van der Waals surface area contributed by atoms with Crippen LogP contribution >= 0.6 is 11.8 Å². The minimum atomic E-state index is -0.505. The van der Waals surface area contributed by atoms with Gasteiger partial charge < -0.3 is 5.32 Å². The second-order valence-electron chi connectivity index (χ2n) is 7.56. The normalized spacial score (nSPS) is 14.9. The van der Waals surface area contributed by atoms with Gasteiger partial charge in [-0.05, 0) is 48.0 Å². The zero-order valence-electron chi connectivity index (χ0n) is 18.3. The maximum atomic E-state index is 13.1. The van der Waals surface area contributed by atoms with Gasteiger partial charge in [-0.2, -0.15) is 5.10 Å². The molecule has 8 nitrogen and oxygen atoms in total. The summed E-state index contributed by atoms with van der Waals surface area (Å²) in [4.78, 5) is 51.7. The molecular formula is C24H21FN4O4S. The number of amides is 3. The van der Waals surface area contributed by atoms with Crippen molar-refractivity contribution in [3.63, 3.8) is 0 Å². The molecule has 0 spiro atoms. The fourth-order valence-corrected chi connectivity index (χ4v) is 4.40. The summed E-state index contributed by atoms with van der Waals surface area (Å²) in [6.07, 6.45) is 2.20. The Morgan fingerprint density at radius 3 is 2.47 bits per heavy atom. The molecule has 1 aliphatic heterocycles. The molecule has 1 fully saturated rings. The first-order valence-electron chi connectivity index (χ1n) is 10.7. The molecule has 1 aromatic heterocycles. The van der Waals surface area contributed by atoms with Gasteiger partial charge in [-0.1, -0.05) is 37.3 Å². The van der Waals surface area contributed by atoms with E-state index in [0.717, 1.165) is 16.7 Å². The number of carbonyl (C=O) groups is 3. The molecule has 0 radical (unpaired) electrons. The molecule has 174 valence electrons. The van der Waals surface area contributed by atoms with Crippen molar-refractivity contribution >= 4 is 45.7 Å². The van der Waals surface area contributed by atoms with Gasteiger partial charge in [-0.25, -0.2) is 9.07 Å². The van der Waals surface area contributed by atoms with Gasteiger partial charge in [-0.15, -0.1) is 0 Å². The monoisotopic (exact) mass is 480 g/mol. The van der Waals surface area contributed by atoms with Gasteiger partial charge in [0.25, 0.3) is 22.6 Å². The number of nitrogens with one attached hydrogen (secondary N) is 1. The van der Waals surface area contributed by atoms with Crippen molar-refractivity contribution in [3.8, 4) is 0 Å². The second-order valence-corrected chi connectivity index (χ2v) is 8.56. The largest absolute Gasteiger partial charge is 0.349 e. The number of aromatic nitrogens is 2. The predicted octanol–water partition coefficient (Wildman–Crippen LogP) is 3.41. The number of hydrogen-bond acceptors (Lipinski definition) is 6. The summed E-state index contributed by atoms with van der Waals surface area (Å²) in [6, 6.07) is 12.3. The summed E-state index contributed by atoms with van der Waals surface area (Å²) in [5.41, 5.74) is 0.439. The number of halogens is 1. The number of rotatable bonds is 7. The summed E-state index contributed by atoms with van der Waals surface area (Å²) < 4.78 is 14.4. The summed E-state index contributed by atoms with van der Waals surface area (Å²) in [6.45, 7) is 2.28. The lowest BCUT2D eigenvalue weighted by Gasteiger charge is -2.14. The predicted molar refractivity (Wildman–Crippen MR) is 128 cm³/mol. The van der Waals surface area contributed by atoms with E-state index in [1.807, 2.05) is 6.92 Å². The topological polar surface area (TPSA) is 101 Å². The SMILES string of the molecule is CCCn1nc(C(=O)NCCN2C(=O)S/C(=C\c3ccc(F)cc3)C2=O)c2ccccc2c1=O. The van der Waals surface area contributed by atoms with Crippen LogP contribution in [0.25, 0.3) is 16.8 Å². The van der Waals surface area contributed by atoms with Gasteiger partial charge in [0.15, 0.2) is 5.69 Å². The highest BCUT2D eigenvalue weighted by atomic mass is 32.2. The third kappa shape index (κ3) is 4.76. The standard InChI is InChI=1S/C24H21FN4O4S/c1-2-12-29-22(31)18-6-4-3-5-17(18)20(27-29)21(30)26-11-13-28-23(32)19(34-24(28)33)14-15-7-9-16(25)10-8-15/h3-10,14H,2,11-13H2,1H3,(H,26,30)/b19-14-. The van der Waals surface area contributed by atoms with Crippen LogP contribution in [-0.4, -0.2) is 44.8 Å². The molecule has 34 heavy (non-hydrogen) atoms. The van der Waals surface area contributed by atoms with E-state index in [0.29, 0.717) is 29.3 Å². The van der Waals surface area contributed by atoms with Crippen LogP contribution in [0, 0.1) is 5.82 Å². The molecule has 0 saturated carbocycles. The number of hydrogen-bond donors (Lipinski definition) is 1. The molecule has 1 aliphatic rings. The molecule has 0 bridgehead atoms. The average Bonchev–Trinajstić information content (AvgIpc) is 3.09. The highest BCUT2D eigenvalue weighted by Gasteiger charge is 2.34. The van der Waals surface area contributed by atoms with E-state index in [1.165, 1.54) is 35.0 Å². The Bertz CT molecular complexity index is 1370. The van der Waals surface area contributed by atoms with Crippen molar-refractivity contribution in [1.82, 2.24) is 20.0 Å². The van der Waals surface area contributed by atoms with Gasteiger partial charge in [0.1, 0.15) is 5.82 Å². The summed E-state index contributed by atoms with van der Waals surface area (Å²) in [7, 11) is 0. The number of aryl methyl sites for hydroxylation is 1. The van der Waals surface area contributed by atoms with Crippen molar-refractivity contribution in [2.75, 3.05) is 13.1 Å². The van der Waals surface area contributed by atoms with Crippen LogP contribution in [0.5, 0.6) is 0 Å². The smallest absolute Gasteiger partial charge is 0.293 e. The average molecular weight is 481 g/mol. The van der Waals surface area contributed by atoms with Crippen LogP contribution in [0.15, 0.2) is 58.2 Å². The Hall–Kier alpha value is -3.79. The molecule has 0 aliphatic carbocycles. The summed E-state index contributed by atoms with van der Waals surface area (Å²) >= 11 is 0.789. The van der Waals surface area contributed by atoms with E-state index in [4.69, 9.17) is 0 Å². The second kappa shape index (κ2) is 10.0. The van der Waals surface area contributed by atoms with E-state index >= 15 is 0 Å². The maximum absolute atomic E-state index is 13.1. The molecule has 3 aromatic rings. The molecule has 0 atom stereocenters. The zero-order chi connectivity index (χ0) is 24.2. The minimum absolute atomic E-state index is 0.0175. The van der Waals surface area contributed by atoms with Crippen LogP contribution in [0.4, 0.5) is 9.18 Å². The lowest BCUT2D eigenvalue weighted by Crippen LogP contribution is -2.38. The third-order valence-corrected chi connectivity index (χ3v) is 6.09. The van der Waals surface area contributed by atoms with Crippen LogP contribution < -0.4 is 10.9 Å². The number of nitrogens with zero attached hydrogens (tertiary/aromatic N) is 3. The number of imide groups is 1. The van der Waals surface area contributed by atoms with Crippen molar-refractivity contribution in [2.45, 2.75) is 19.9 Å². The first-order valence-corrected chi connectivity index (χ1v) is 11.5. The van der Waals surface area contributed by atoms with Crippen molar-refractivity contribution < 1.29 is 18.8 Å². The molecule has 3 amide bonds. The van der Waals surface area contributed by atoms with Crippen LogP contribution in [0.3, 0.4) is 0 Å². The van der Waals surface area contributed by atoms with E-state index in [-0.39, 0.29) is 29.2 Å². The molecule has 2 aromatic carbocycles. The highest BCUT2D eigenvalue weighted by Crippen LogP contribution is 2.31. The number of fused-ring (bicyclic) bond motifs is 1. The van der Waals surface area contributed by atoms with Crippen molar-refractivity contribution in [2.24, 2.45) is 0 Å². The van der Waals surface area contributed by atoms with Gasteiger partial charge >= 0.3 is 0 Å². The van der Waals surface area contributed by atoms with E-state index in [1.54, 1.807) is 24.3 Å². The number of carbonyl (C=O) groups excluding carboxylic acids is 3. The van der Waals surface area contributed by atoms with Crippen LogP contribution in [0.2, 0.25) is 0 Å². The highest BCUT2D eigenvalue weighted by molar-refractivity contribution is 8.18. The first kappa shape index (κ1) is 23.4. The van der Waals surface area contributed by atoms with E-state index in [9.17, 15) is 23.6 Å². The molecule has 0 unspecified atom stereocenters. The van der Waals surface area contributed by atoms with E-state index in [2.05, 4.69) is 10.4 Å². The molecule has 2 heterocycles. The van der Waals surface area contributed by atoms with Crippen molar-refractivity contribution in [1.29, 1.82) is 0 Å². The molecule has 1 N–H and O–H groups in total. The van der Waals surface area contributed by atoms with Gasteiger partial charge in [0, 0.05) is 25.0 Å². The lowest BCUT2D eigenvalue weighted by atomic mass is 10.1. The minimum Gasteiger partial charge on any atom is -0.349 e. The quantitative estimate of drug-likeness (QED) is 0.520. The number of thioether (sulfide) groups is 1. The maximum Gasteiger partial charge on any atom is 0.293 e. The fraction of sp³-hybridized carbons (Fsp3) is 0.208. The number of benzene rings is 2. The van der Waals surface area contributed by atoms with Crippen LogP contribution in [-0.2, 0) is 11.3 Å². The Kier molecular flexibility index (Phi) is 6.87. The molecule has 4 rings (SSSR count). The molecular weight excluding hydrogens is 459 g/mol. The third-order valence-electron chi connectivity index (χ3n) is 5.18. The zero-order valence-corrected chi connectivity index (χ0v) is 19.1. The Morgan fingerprint density at radius 1 is 1.06 bits per heavy atom. The summed E-state index contributed by atoms with van der Waals surface area (Å²) in [5.74, 6) is -1.38. The van der Waals surface area contributed by atoms with Gasteiger partial charge in [0.05, 0.1) is 10.3 Å². The van der Waals surface area contributed by atoms with Gasteiger partial charge in [0.2, 0.25) is 0 Å². The van der Waals surface area contributed by atoms with Crippen molar-refractivity contribution in [3.05, 3.63) is 80.9 Å². The Labute approximate surface area is 198 Å². The van der Waals surface area contributed by atoms with Crippen LogP contribution in [0.1, 0.15) is 29.4 Å². The fourth-order valence-electron chi connectivity index (χ4n) is 3.53. The first-order chi connectivity index (χ1) is 16.4. The van der Waals surface area contributed by atoms with E-state index < -0.39 is 22.9 Å². The Morgan fingerprint density at radius 2 is 1.76 bits per heavy atom. The Balaban J connectivity index is 1.46. The summed E-state index contributed by atoms with van der Waals surface area (Å²) in [5, 5.41) is 7.31. The molecule has 10 heteroatoms.